The van der Waals surface area contributed by atoms with Crippen LogP contribution in [0.2, 0.25) is 0 Å². The molecule has 0 fully saturated rings. The third-order valence-corrected chi connectivity index (χ3v) is 3.02. The molecule has 0 saturated heterocycles. The fourth-order valence-electron chi connectivity index (χ4n) is 1.88. The predicted molar refractivity (Wildman–Crippen MR) is 77.5 cm³/mol. The van der Waals surface area contributed by atoms with Crippen molar-refractivity contribution in [1.29, 1.82) is 0 Å². The highest BCUT2D eigenvalue weighted by Gasteiger charge is 2.14. The number of nitrogens with one attached hydrogen (secondary N) is 1. The van der Waals surface area contributed by atoms with Crippen molar-refractivity contribution >= 4 is 11.7 Å². The lowest BCUT2D eigenvalue weighted by Crippen LogP contribution is -2.13. The maximum atomic E-state index is 11.7. The molecule has 0 spiro atoms. The summed E-state index contributed by atoms with van der Waals surface area (Å²) in [7, 11) is 1.33. The molecule has 0 radical (unpaired) electrons. The molecule has 2 rings (SSSR count). The average Bonchev–Trinajstić information content (AvgIpc) is 2.47. The first kappa shape index (κ1) is 14.1. The molecule has 104 valence electrons. The summed E-state index contributed by atoms with van der Waals surface area (Å²) in [5.41, 5.74) is 2.78. The molecule has 0 aliphatic rings. The zero-order valence-electron chi connectivity index (χ0n) is 11.5. The van der Waals surface area contributed by atoms with E-state index >= 15 is 0 Å². The van der Waals surface area contributed by atoms with Gasteiger partial charge in [0.25, 0.3) is 0 Å². The van der Waals surface area contributed by atoms with Gasteiger partial charge in [0, 0.05) is 5.56 Å². The number of anilines is 1. The van der Waals surface area contributed by atoms with E-state index < -0.39 is 12.2 Å². The minimum Gasteiger partial charge on any atom is -0.465 e. The Morgan fingerprint density at radius 2 is 1.80 bits per heavy atom. The quantitative estimate of drug-likeness (QED) is 0.663. The van der Waals surface area contributed by atoms with Crippen LogP contribution in [-0.2, 0) is 4.74 Å². The smallest absolute Gasteiger partial charge is 0.339 e. The van der Waals surface area contributed by atoms with Gasteiger partial charge in [-0.25, -0.2) is 4.79 Å². The largest absolute Gasteiger partial charge is 0.465 e. The Morgan fingerprint density at radius 1 is 1.15 bits per heavy atom. The van der Waals surface area contributed by atoms with E-state index in [0.717, 1.165) is 11.1 Å². The van der Waals surface area contributed by atoms with Gasteiger partial charge in [-0.05, 0) is 19.1 Å². The van der Waals surface area contributed by atoms with E-state index in [2.05, 4.69) is 5.32 Å². The van der Waals surface area contributed by atoms with Gasteiger partial charge in [0.15, 0.2) is 6.23 Å². The number of hydrogen-bond acceptors (Lipinski definition) is 4. The molecular formula is C16H17NO3. The highest BCUT2D eigenvalue weighted by Crippen LogP contribution is 2.22. The second-order valence-electron chi connectivity index (χ2n) is 4.49. The lowest BCUT2D eigenvalue weighted by molar-refractivity contribution is 0.0601. The van der Waals surface area contributed by atoms with Gasteiger partial charge in [-0.15, -0.1) is 0 Å². The van der Waals surface area contributed by atoms with Crippen molar-refractivity contribution in [2.24, 2.45) is 0 Å². The van der Waals surface area contributed by atoms with E-state index in [1.807, 2.05) is 31.2 Å². The predicted octanol–water partition coefficient (Wildman–Crippen LogP) is 2.88. The van der Waals surface area contributed by atoms with Crippen molar-refractivity contribution in [1.82, 2.24) is 0 Å². The molecule has 1 unspecified atom stereocenters. The normalized spacial score (nSPS) is 11.8. The van der Waals surface area contributed by atoms with Gasteiger partial charge in [0.1, 0.15) is 0 Å². The summed E-state index contributed by atoms with van der Waals surface area (Å²) < 4.78 is 4.72. The summed E-state index contributed by atoms with van der Waals surface area (Å²) in [6.07, 6.45) is -0.888. The Balaban J connectivity index is 2.21. The SMILES string of the molecule is COC(=O)c1ccccc1NC(O)c1ccc(C)cc1. The molecule has 0 saturated carbocycles. The molecule has 20 heavy (non-hydrogen) atoms. The number of aliphatic hydroxyl groups excluding tert-OH is 1. The van der Waals surface area contributed by atoms with Gasteiger partial charge in [-0.1, -0.05) is 42.0 Å². The van der Waals surface area contributed by atoms with Crippen LogP contribution in [0.4, 0.5) is 5.69 Å². The van der Waals surface area contributed by atoms with E-state index in [-0.39, 0.29) is 0 Å². The lowest BCUT2D eigenvalue weighted by Gasteiger charge is -2.16. The monoisotopic (exact) mass is 271 g/mol. The van der Waals surface area contributed by atoms with Gasteiger partial charge >= 0.3 is 5.97 Å². The van der Waals surface area contributed by atoms with Crippen molar-refractivity contribution in [3.8, 4) is 0 Å². The number of aliphatic hydroxyl groups is 1. The van der Waals surface area contributed by atoms with Gasteiger partial charge in [-0.2, -0.15) is 0 Å². The van der Waals surface area contributed by atoms with E-state index in [0.29, 0.717) is 11.3 Å². The summed E-state index contributed by atoms with van der Waals surface area (Å²) in [4.78, 5) is 11.7. The zero-order valence-corrected chi connectivity index (χ0v) is 11.5. The summed E-state index contributed by atoms with van der Waals surface area (Å²) >= 11 is 0. The van der Waals surface area contributed by atoms with Gasteiger partial charge < -0.3 is 15.2 Å². The number of carbonyl (C=O) groups is 1. The summed E-state index contributed by atoms with van der Waals surface area (Å²) in [5, 5.41) is 13.1. The number of rotatable bonds is 4. The third-order valence-electron chi connectivity index (χ3n) is 3.02. The van der Waals surface area contributed by atoms with Crippen LogP contribution in [0.5, 0.6) is 0 Å². The van der Waals surface area contributed by atoms with Crippen LogP contribution < -0.4 is 5.32 Å². The van der Waals surface area contributed by atoms with Crippen molar-refractivity contribution in [3.63, 3.8) is 0 Å². The fourth-order valence-corrected chi connectivity index (χ4v) is 1.88. The number of ether oxygens (including phenoxy) is 1. The molecule has 0 bridgehead atoms. The molecule has 0 aliphatic heterocycles. The molecule has 0 heterocycles. The van der Waals surface area contributed by atoms with E-state index in [4.69, 9.17) is 4.74 Å². The van der Waals surface area contributed by atoms with Crippen LogP contribution >= 0.6 is 0 Å². The minimum atomic E-state index is -0.888. The topological polar surface area (TPSA) is 58.6 Å². The molecule has 0 aromatic heterocycles. The van der Waals surface area contributed by atoms with Crippen LogP contribution in [-0.4, -0.2) is 18.2 Å². The first-order valence-electron chi connectivity index (χ1n) is 6.30. The second kappa shape index (κ2) is 6.21. The number of hydrogen-bond donors (Lipinski definition) is 2. The Morgan fingerprint density at radius 3 is 2.45 bits per heavy atom. The molecule has 0 amide bonds. The first-order valence-corrected chi connectivity index (χ1v) is 6.30. The van der Waals surface area contributed by atoms with Crippen LogP contribution in [0.15, 0.2) is 48.5 Å². The van der Waals surface area contributed by atoms with Crippen molar-refractivity contribution in [2.45, 2.75) is 13.2 Å². The Hall–Kier alpha value is -2.33. The highest BCUT2D eigenvalue weighted by molar-refractivity contribution is 5.95. The summed E-state index contributed by atoms with van der Waals surface area (Å²) in [6, 6.07) is 14.4. The van der Waals surface area contributed by atoms with Crippen molar-refractivity contribution < 1.29 is 14.6 Å². The number of aryl methyl sites for hydroxylation is 1. The van der Waals surface area contributed by atoms with Crippen LogP contribution in [0, 0.1) is 6.92 Å². The van der Waals surface area contributed by atoms with Crippen LogP contribution in [0.25, 0.3) is 0 Å². The van der Waals surface area contributed by atoms with E-state index in [1.54, 1.807) is 24.3 Å². The zero-order chi connectivity index (χ0) is 14.5. The van der Waals surface area contributed by atoms with Crippen LogP contribution in [0.3, 0.4) is 0 Å². The van der Waals surface area contributed by atoms with Crippen molar-refractivity contribution in [3.05, 3.63) is 65.2 Å². The molecule has 2 aromatic rings. The third kappa shape index (κ3) is 3.16. The molecular weight excluding hydrogens is 254 g/mol. The molecule has 4 nitrogen and oxygen atoms in total. The molecule has 0 aliphatic carbocycles. The number of benzene rings is 2. The minimum absolute atomic E-state index is 0.390. The Labute approximate surface area is 118 Å². The standard InChI is InChI=1S/C16H17NO3/c1-11-7-9-12(10-8-11)15(18)17-14-6-4-3-5-13(14)16(19)20-2/h3-10,15,17-18H,1-2H3. The fraction of sp³-hybridized carbons (Fsp3) is 0.188. The molecule has 1 atom stereocenters. The maximum absolute atomic E-state index is 11.7. The summed E-state index contributed by atoms with van der Waals surface area (Å²) in [6.45, 7) is 1.98. The molecule has 2 aromatic carbocycles. The van der Waals surface area contributed by atoms with Crippen molar-refractivity contribution in [2.75, 3.05) is 12.4 Å². The number of esters is 1. The number of para-hydroxylation sites is 1. The Kier molecular flexibility index (Phi) is 4.38. The average molecular weight is 271 g/mol. The highest BCUT2D eigenvalue weighted by atomic mass is 16.5. The molecule has 2 N–H and O–H groups in total. The summed E-state index contributed by atoms with van der Waals surface area (Å²) in [5.74, 6) is -0.441. The van der Waals surface area contributed by atoms with Crippen LogP contribution in [0.1, 0.15) is 27.7 Å². The Bertz CT molecular complexity index is 593. The second-order valence-corrected chi connectivity index (χ2v) is 4.49. The molecule has 4 heteroatoms. The number of carbonyl (C=O) groups excluding carboxylic acids is 1. The maximum Gasteiger partial charge on any atom is 0.339 e. The lowest BCUT2D eigenvalue weighted by atomic mass is 10.1. The van der Waals surface area contributed by atoms with Gasteiger partial charge in [0.05, 0.1) is 18.4 Å². The van der Waals surface area contributed by atoms with E-state index in [1.165, 1.54) is 7.11 Å². The van der Waals surface area contributed by atoms with Gasteiger partial charge in [-0.3, -0.25) is 0 Å². The van der Waals surface area contributed by atoms with Gasteiger partial charge in [0.2, 0.25) is 0 Å². The number of methoxy groups -OCH3 is 1. The van der Waals surface area contributed by atoms with E-state index in [9.17, 15) is 9.90 Å². The first-order chi connectivity index (χ1) is 9.61.